The number of hydrogen-bond donors (Lipinski definition) is 1. The predicted octanol–water partition coefficient (Wildman–Crippen LogP) is 6.73. The van der Waals surface area contributed by atoms with E-state index in [0.29, 0.717) is 17.7 Å². The maximum absolute atomic E-state index is 14.3. The van der Waals surface area contributed by atoms with Gasteiger partial charge < -0.3 is 5.32 Å². The van der Waals surface area contributed by atoms with Crippen LogP contribution in [0.1, 0.15) is 27.8 Å². The fourth-order valence-corrected chi connectivity index (χ4v) is 3.82. The number of benzene rings is 4. The van der Waals surface area contributed by atoms with Crippen molar-refractivity contribution < 1.29 is 9.18 Å². The molecule has 162 valence electrons. The summed E-state index contributed by atoms with van der Waals surface area (Å²) >= 11 is 0. The van der Waals surface area contributed by atoms with Gasteiger partial charge in [-0.3, -0.25) is 4.79 Å². The molecule has 0 aliphatic carbocycles. The second-order valence-corrected chi connectivity index (χ2v) is 8.05. The van der Waals surface area contributed by atoms with Crippen LogP contribution in [-0.2, 0) is 11.2 Å². The summed E-state index contributed by atoms with van der Waals surface area (Å²) in [7, 11) is 0. The summed E-state index contributed by atoms with van der Waals surface area (Å²) in [6, 6.07) is 26.0. The molecule has 0 saturated heterocycles. The van der Waals surface area contributed by atoms with Gasteiger partial charge in [0, 0.05) is 12.1 Å². The zero-order valence-electron chi connectivity index (χ0n) is 18.5. The smallest absolute Gasteiger partial charge is 0.266 e. The summed E-state index contributed by atoms with van der Waals surface area (Å²) < 4.78 is 14.3. The summed E-state index contributed by atoms with van der Waals surface area (Å²) in [5.41, 5.74) is 4.93. The SMILES string of the molecule is Cc1ccc(NC(=O)/C(C#N)=C/c2c(Cc3ccccc3F)ccc3ccccc23)cc1C. The van der Waals surface area contributed by atoms with Gasteiger partial charge in [0.15, 0.2) is 0 Å². The van der Waals surface area contributed by atoms with Crippen LogP contribution in [0.3, 0.4) is 0 Å². The number of nitrogens with one attached hydrogen (secondary N) is 1. The van der Waals surface area contributed by atoms with Crippen LogP contribution in [0.15, 0.2) is 84.4 Å². The van der Waals surface area contributed by atoms with Crippen molar-refractivity contribution in [3.63, 3.8) is 0 Å². The molecule has 0 radical (unpaired) electrons. The number of fused-ring (bicyclic) bond motifs is 1. The van der Waals surface area contributed by atoms with Gasteiger partial charge in [-0.2, -0.15) is 5.26 Å². The second kappa shape index (κ2) is 9.50. The highest BCUT2D eigenvalue weighted by Crippen LogP contribution is 2.28. The number of nitrogens with zero attached hydrogens (tertiary/aromatic N) is 1. The molecular formula is C29H23FN2O. The van der Waals surface area contributed by atoms with Gasteiger partial charge in [0.2, 0.25) is 0 Å². The minimum Gasteiger partial charge on any atom is -0.321 e. The Morgan fingerprint density at radius 2 is 1.70 bits per heavy atom. The number of hydrogen-bond acceptors (Lipinski definition) is 2. The van der Waals surface area contributed by atoms with E-state index in [1.54, 1.807) is 24.3 Å². The van der Waals surface area contributed by atoms with Gasteiger partial charge in [-0.25, -0.2) is 4.39 Å². The fourth-order valence-electron chi connectivity index (χ4n) is 3.82. The third-order valence-electron chi connectivity index (χ3n) is 5.82. The molecule has 0 aliphatic heterocycles. The van der Waals surface area contributed by atoms with Crippen molar-refractivity contribution in [2.75, 3.05) is 5.32 Å². The molecule has 1 amide bonds. The summed E-state index contributed by atoms with van der Waals surface area (Å²) in [5, 5.41) is 14.5. The van der Waals surface area contributed by atoms with Crippen LogP contribution in [0.4, 0.5) is 10.1 Å². The van der Waals surface area contributed by atoms with Crippen LogP contribution in [0.2, 0.25) is 0 Å². The average molecular weight is 435 g/mol. The van der Waals surface area contributed by atoms with Crippen molar-refractivity contribution in [1.29, 1.82) is 5.26 Å². The second-order valence-electron chi connectivity index (χ2n) is 8.05. The van der Waals surface area contributed by atoms with Crippen LogP contribution in [0.25, 0.3) is 16.8 Å². The third kappa shape index (κ3) is 4.83. The monoisotopic (exact) mass is 434 g/mol. The molecule has 1 N–H and O–H groups in total. The average Bonchev–Trinajstić information content (AvgIpc) is 2.82. The van der Waals surface area contributed by atoms with E-state index in [9.17, 15) is 14.4 Å². The Hall–Kier alpha value is -4.23. The number of halogens is 1. The summed E-state index contributed by atoms with van der Waals surface area (Å²) in [6.45, 7) is 3.97. The van der Waals surface area contributed by atoms with Gasteiger partial charge in [-0.1, -0.05) is 60.7 Å². The van der Waals surface area contributed by atoms with E-state index in [2.05, 4.69) is 5.32 Å². The van der Waals surface area contributed by atoms with Crippen LogP contribution >= 0.6 is 0 Å². The molecule has 4 aromatic carbocycles. The molecule has 4 aromatic rings. The van der Waals surface area contributed by atoms with E-state index >= 15 is 0 Å². The largest absolute Gasteiger partial charge is 0.321 e. The number of aryl methyl sites for hydroxylation is 2. The minimum absolute atomic E-state index is 0.0145. The molecule has 0 aromatic heterocycles. The third-order valence-corrected chi connectivity index (χ3v) is 5.82. The maximum atomic E-state index is 14.3. The highest BCUT2D eigenvalue weighted by Gasteiger charge is 2.14. The lowest BCUT2D eigenvalue weighted by Gasteiger charge is -2.12. The van der Waals surface area contributed by atoms with Crippen molar-refractivity contribution in [2.24, 2.45) is 0 Å². The van der Waals surface area contributed by atoms with Crippen molar-refractivity contribution in [3.05, 3.63) is 118 Å². The summed E-state index contributed by atoms with van der Waals surface area (Å²) in [4.78, 5) is 12.9. The van der Waals surface area contributed by atoms with Crippen molar-refractivity contribution in [1.82, 2.24) is 0 Å². The first-order chi connectivity index (χ1) is 16.0. The molecule has 3 nitrogen and oxygen atoms in total. The Balaban J connectivity index is 1.77. The predicted molar refractivity (Wildman–Crippen MR) is 131 cm³/mol. The molecule has 0 aliphatic rings. The van der Waals surface area contributed by atoms with Gasteiger partial charge in [0.1, 0.15) is 17.5 Å². The van der Waals surface area contributed by atoms with Gasteiger partial charge >= 0.3 is 0 Å². The lowest BCUT2D eigenvalue weighted by molar-refractivity contribution is -0.112. The van der Waals surface area contributed by atoms with Crippen LogP contribution in [0, 0.1) is 31.0 Å². The van der Waals surface area contributed by atoms with Gasteiger partial charge in [0.25, 0.3) is 5.91 Å². The van der Waals surface area contributed by atoms with E-state index in [1.165, 1.54) is 6.07 Å². The Morgan fingerprint density at radius 3 is 2.45 bits per heavy atom. The molecule has 4 heteroatoms. The Morgan fingerprint density at radius 1 is 0.939 bits per heavy atom. The first-order valence-corrected chi connectivity index (χ1v) is 10.7. The molecule has 0 saturated carbocycles. The molecule has 0 spiro atoms. The summed E-state index contributed by atoms with van der Waals surface area (Å²) in [6.07, 6.45) is 1.95. The molecule has 33 heavy (non-hydrogen) atoms. The van der Waals surface area contributed by atoms with Gasteiger partial charge in [-0.15, -0.1) is 0 Å². The quantitative estimate of drug-likeness (QED) is 0.280. The molecule has 0 bridgehead atoms. The minimum atomic E-state index is -0.481. The summed E-state index contributed by atoms with van der Waals surface area (Å²) in [5.74, 6) is -0.765. The van der Waals surface area contributed by atoms with Crippen molar-refractivity contribution >= 4 is 28.4 Å². The zero-order chi connectivity index (χ0) is 23.4. The number of amides is 1. The van der Waals surface area contributed by atoms with E-state index in [4.69, 9.17) is 0 Å². The number of carbonyl (C=O) groups excluding carboxylic acids is 1. The van der Waals surface area contributed by atoms with E-state index < -0.39 is 5.91 Å². The molecule has 4 rings (SSSR count). The van der Waals surface area contributed by atoms with Crippen LogP contribution in [-0.4, -0.2) is 5.91 Å². The molecule has 0 unspecified atom stereocenters. The Bertz CT molecular complexity index is 1430. The normalized spacial score (nSPS) is 11.3. The Kier molecular flexibility index (Phi) is 6.33. The zero-order valence-corrected chi connectivity index (χ0v) is 18.5. The van der Waals surface area contributed by atoms with Gasteiger partial charge in [0.05, 0.1) is 0 Å². The highest BCUT2D eigenvalue weighted by atomic mass is 19.1. The van der Waals surface area contributed by atoms with Crippen LogP contribution in [0.5, 0.6) is 0 Å². The lowest BCUT2D eigenvalue weighted by atomic mass is 9.93. The number of rotatable bonds is 5. The van der Waals surface area contributed by atoms with E-state index in [-0.39, 0.29) is 11.4 Å². The van der Waals surface area contributed by atoms with E-state index in [0.717, 1.165) is 33.0 Å². The van der Waals surface area contributed by atoms with Crippen LogP contribution < -0.4 is 5.32 Å². The topological polar surface area (TPSA) is 52.9 Å². The molecule has 0 fully saturated rings. The Labute approximate surface area is 192 Å². The standard InChI is InChI=1S/C29H23FN2O/c1-19-11-14-25(15-20(19)2)32-29(33)24(18-31)17-27-22(16-23-8-4-6-10-28(23)30)13-12-21-7-3-5-9-26(21)27/h3-15,17H,16H2,1-2H3,(H,32,33)/b24-17+. The van der Waals surface area contributed by atoms with Crippen molar-refractivity contribution in [3.8, 4) is 6.07 Å². The first-order valence-electron chi connectivity index (χ1n) is 10.7. The molecule has 0 atom stereocenters. The number of carbonyl (C=O) groups is 1. The fraction of sp³-hybridized carbons (Fsp3) is 0.103. The number of nitriles is 1. The lowest BCUT2D eigenvalue weighted by Crippen LogP contribution is -2.13. The van der Waals surface area contributed by atoms with Gasteiger partial charge in [-0.05, 0) is 76.7 Å². The molecular weight excluding hydrogens is 411 g/mol. The number of anilines is 1. The first kappa shape index (κ1) is 22.0. The molecule has 0 heterocycles. The highest BCUT2D eigenvalue weighted by molar-refractivity contribution is 6.11. The van der Waals surface area contributed by atoms with Crippen molar-refractivity contribution in [2.45, 2.75) is 20.3 Å². The maximum Gasteiger partial charge on any atom is 0.266 e. The van der Waals surface area contributed by atoms with E-state index in [1.807, 2.05) is 74.5 Å².